The molecule has 2 aliphatic heterocycles. The highest BCUT2D eigenvalue weighted by Crippen LogP contribution is 2.38. The zero-order valence-electron chi connectivity index (χ0n) is 11.4. The molecule has 2 N–H and O–H groups in total. The first-order valence-corrected chi connectivity index (χ1v) is 7.05. The quantitative estimate of drug-likeness (QED) is 0.792. The van der Waals surface area contributed by atoms with Crippen molar-refractivity contribution in [3.63, 3.8) is 0 Å². The lowest BCUT2D eigenvalue weighted by atomic mass is 9.87. The van der Waals surface area contributed by atoms with Crippen molar-refractivity contribution in [2.75, 3.05) is 38.0 Å². The summed E-state index contributed by atoms with van der Waals surface area (Å²) in [7, 11) is 0. The summed E-state index contributed by atoms with van der Waals surface area (Å²) in [5.41, 5.74) is 4.17. The number of nitrogens with one attached hydrogen (secondary N) is 2. The van der Waals surface area contributed by atoms with Gasteiger partial charge in [-0.05, 0) is 30.0 Å². The Bertz CT molecular complexity index is 424. The molecule has 2 atom stereocenters. The molecule has 3 nitrogen and oxygen atoms in total. The largest absolute Gasteiger partial charge is 0.384 e. The molecule has 3 rings (SSSR count). The lowest BCUT2D eigenvalue weighted by Gasteiger charge is -2.42. The van der Waals surface area contributed by atoms with Gasteiger partial charge in [0.25, 0.3) is 0 Å². The van der Waals surface area contributed by atoms with Gasteiger partial charge in [-0.25, -0.2) is 0 Å². The molecule has 0 amide bonds. The molecule has 0 spiro atoms. The number of piperazine rings is 1. The van der Waals surface area contributed by atoms with Crippen LogP contribution in [0.3, 0.4) is 0 Å². The molecule has 0 aromatic heterocycles. The van der Waals surface area contributed by atoms with Gasteiger partial charge in [0.05, 0.1) is 0 Å². The summed E-state index contributed by atoms with van der Waals surface area (Å²) in [6.45, 7) is 10.2. The molecule has 1 saturated heterocycles. The first kappa shape index (κ1) is 12.0. The average molecular weight is 245 g/mol. The van der Waals surface area contributed by atoms with Gasteiger partial charge in [-0.2, -0.15) is 0 Å². The molecule has 1 fully saturated rings. The number of hydrogen-bond donors (Lipinski definition) is 2. The van der Waals surface area contributed by atoms with Gasteiger partial charge in [-0.15, -0.1) is 0 Å². The predicted molar refractivity (Wildman–Crippen MR) is 76.0 cm³/mol. The van der Waals surface area contributed by atoms with Crippen LogP contribution in [0.4, 0.5) is 5.69 Å². The average Bonchev–Trinajstić information content (AvgIpc) is 2.40. The molecule has 0 bridgehead atoms. The summed E-state index contributed by atoms with van der Waals surface area (Å²) in [5.74, 6) is 0.679. The number of fused-ring (bicyclic) bond motifs is 1. The molecule has 3 heteroatoms. The van der Waals surface area contributed by atoms with Crippen LogP contribution in [0.15, 0.2) is 18.2 Å². The number of aryl methyl sites for hydroxylation is 1. The molecule has 2 heterocycles. The highest BCUT2D eigenvalue weighted by molar-refractivity contribution is 5.56. The molecule has 1 aromatic carbocycles. The van der Waals surface area contributed by atoms with Crippen LogP contribution in [-0.2, 0) is 0 Å². The summed E-state index contributed by atoms with van der Waals surface area (Å²) >= 11 is 0. The van der Waals surface area contributed by atoms with E-state index in [1.165, 1.54) is 29.9 Å². The molecule has 2 aliphatic rings. The summed E-state index contributed by atoms with van der Waals surface area (Å²) in [4.78, 5) is 2.65. The second-order valence-corrected chi connectivity index (χ2v) is 5.68. The Morgan fingerprint density at radius 2 is 2.00 bits per heavy atom. The third-order valence-corrected chi connectivity index (χ3v) is 4.23. The molecule has 98 valence electrons. The lowest BCUT2D eigenvalue weighted by Crippen LogP contribution is -2.48. The fourth-order valence-electron chi connectivity index (χ4n) is 3.29. The number of hydrogen-bond acceptors (Lipinski definition) is 3. The van der Waals surface area contributed by atoms with Crippen molar-refractivity contribution < 1.29 is 0 Å². The zero-order chi connectivity index (χ0) is 12.5. The third kappa shape index (κ3) is 2.13. The summed E-state index contributed by atoms with van der Waals surface area (Å²) in [6.07, 6.45) is 0. The normalized spacial score (nSPS) is 28.6. The number of rotatable bonds is 1. The minimum absolute atomic E-state index is 0.587. The van der Waals surface area contributed by atoms with E-state index in [-0.39, 0.29) is 0 Å². The maximum Gasteiger partial charge on any atom is 0.0411 e. The SMILES string of the molecule is Cc1ccc2c(c1)NCC(C)C2N1CCNCC1. The number of nitrogens with zero attached hydrogens (tertiary/aromatic N) is 1. The molecule has 0 radical (unpaired) electrons. The highest BCUT2D eigenvalue weighted by atomic mass is 15.2. The van der Waals surface area contributed by atoms with Crippen LogP contribution in [0.5, 0.6) is 0 Å². The van der Waals surface area contributed by atoms with Crippen LogP contribution < -0.4 is 10.6 Å². The van der Waals surface area contributed by atoms with Crippen LogP contribution in [0.25, 0.3) is 0 Å². The first-order valence-electron chi connectivity index (χ1n) is 7.05. The molecule has 1 aromatic rings. The second-order valence-electron chi connectivity index (χ2n) is 5.68. The lowest BCUT2D eigenvalue weighted by molar-refractivity contribution is 0.132. The van der Waals surface area contributed by atoms with E-state index >= 15 is 0 Å². The van der Waals surface area contributed by atoms with Crippen molar-refractivity contribution in [1.82, 2.24) is 10.2 Å². The van der Waals surface area contributed by atoms with Crippen molar-refractivity contribution in [3.05, 3.63) is 29.3 Å². The summed E-state index contributed by atoms with van der Waals surface area (Å²) in [6, 6.07) is 7.44. The number of benzene rings is 1. The molecule has 0 saturated carbocycles. The maximum absolute atomic E-state index is 3.58. The van der Waals surface area contributed by atoms with Crippen LogP contribution >= 0.6 is 0 Å². The Kier molecular flexibility index (Phi) is 3.27. The van der Waals surface area contributed by atoms with Crippen molar-refractivity contribution in [3.8, 4) is 0 Å². The molecular weight excluding hydrogens is 222 g/mol. The van der Waals surface area contributed by atoms with Crippen molar-refractivity contribution in [2.45, 2.75) is 19.9 Å². The molecular formula is C15H23N3. The van der Waals surface area contributed by atoms with Crippen LogP contribution in [0.1, 0.15) is 24.1 Å². The van der Waals surface area contributed by atoms with E-state index in [1.807, 2.05) is 0 Å². The predicted octanol–water partition coefficient (Wildman–Crippen LogP) is 2.00. The topological polar surface area (TPSA) is 27.3 Å². The minimum Gasteiger partial charge on any atom is -0.384 e. The van der Waals surface area contributed by atoms with Gasteiger partial charge < -0.3 is 10.6 Å². The van der Waals surface area contributed by atoms with E-state index < -0.39 is 0 Å². The Labute approximate surface area is 110 Å². The van der Waals surface area contributed by atoms with E-state index in [0.717, 1.165) is 19.6 Å². The highest BCUT2D eigenvalue weighted by Gasteiger charge is 2.31. The standard InChI is InChI=1S/C15H23N3/c1-11-3-4-13-14(9-11)17-10-12(2)15(13)18-7-5-16-6-8-18/h3-4,9,12,15-17H,5-8,10H2,1-2H3. The van der Waals surface area contributed by atoms with Gasteiger partial charge in [0, 0.05) is 44.5 Å². The van der Waals surface area contributed by atoms with Crippen molar-refractivity contribution in [2.24, 2.45) is 5.92 Å². The Morgan fingerprint density at radius 3 is 2.78 bits per heavy atom. The van der Waals surface area contributed by atoms with Crippen LogP contribution in [-0.4, -0.2) is 37.6 Å². The van der Waals surface area contributed by atoms with E-state index in [9.17, 15) is 0 Å². The number of anilines is 1. The van der Waals surface area contributed by atoms with E-state index in [4.69, 9.17) is 0 Å². The molecule has 0 aliphatic carbocycles. The first-order chi connectivity index (χ1) is 8.75. The summed E-state index contributed by atoms with van der Waals surface area (Å²) in [5, 5.41) is 7.02. The van der Waals surface area contributed by atoms with E-state index in [2.05, 4.69) is 47.6 Å². The van der Waals surface area contributed by atoms with Gasteiger partial charge in [0.15, 0.2) is 0 Å². The summed E-state index contributed by atoms with van der Waals surface area (Å²) < 4.78 is 0. The monoisotopic (exact) mass is 245 g/mol. The maximum atomic E-state index is 3.58. The Morgan fingerprint density at radius 1 is 1.22 bits per heavy atom. The van der Waals surface area contributed by atoms with Crippen LogP contribution in [0.2, 0.25) is 0 Å². The van der Waals surface area contributed by atoms with Crippen LogP contribution in [0, 0.1) is 12.8 Å². The Hall–Kier alpha value is -1.06. The van der Waals surface area contributed by atoms with Crippen molar-refractivity contribution >= 4 is 5.69 Å². The van der Waals surface area contributed by atoms with Crippen molar-refractivity contribution in [1.29, 1.82) is 0 Å². The fraction of sp³-hybridized carbons (Fsp3) is 0.600. The second kappa shape index (κ2) is 4.90. The third-order valence-electron chi connectivity index (χ3n) is 4.23. The molecule has 18 heavy (non-hydrogen) atoms. The van der Waals surface area contributed by atoms with Gasteiger partial charge in [-0.1, -0.05) is 19.1 Å². The van der Waals surface area contributed by atoms with E-state index in [0.29, 0.717) is 12.0 Å². The van der Waals surface area contributed by atoms with Gasteiger partial charge >= 0.3 is 0 Å². The van der Waals surface area contributed by atoms with Gasteiger partial charge in [0.2, 0.25) is 0 Å². The zero-order valence-corrected chi connectivity index (χ0v) is 11.4. The van der Waals surface area contributed by atoms with E-state index in [1.54, 1.807) is 0 Å². The fourth-order valence-corrected chi connectivity index (χ4v) is 3.29. The Balaban J connectivity index is 1.93. The van der Waals surface area contributed by atoms with Gasteiger partial charge in [-0.3, -0.25) is 4.90 Å². The smallest absolute Gasteiger partial charge is 0.0411 e. The van der Waals surface area contributed by atoms with Gasteiger partial charge in [0.1, 0.15) is 0 Å². The molecule has 2 unspecified atom stereocenters. The minimum atomic E-state index is 0.587.